The Labute approximate surface area is 165 Å². The molecule has 1 aromatic carbocycles. The number of esters is 1. The molecule has 0 saturated carbocycles. The van der Waals surface area contributed by atoms with Crippen molar-refractivity contribution in [3.63, 3.8) is 0 Å². The number of aromatic nitrogens is 2. The van der Waals surface area contributed by atoms with Crippen molar-refractivity contribution in [2.75, 3.05) is 5.32 Å². The molecule has 2 N–H and O–H groups in total. The van der Waals surface area contributed by atoms with E-state index in [0.717, 1.165) is 16.5 Å². The summed E-state index contributed by atoms with van der Waals surface area (Å²) >= 11 is 11.7. The Morgan fingerprint density at radius 2 is 2.07 bits per heavy atom. The van der Waals surface area contributed by atoms with Crippen LogP contribution in [0.5, 0.6) is 0 Å². The molecule has 0 spiro atoms. The second-order valence-electron chi connectivity index (χ2n) is 5.96. The van der Waals surface area contributed by atoms with E-state index in [1.165, 1.54) is 19.2 Å². The third-order valence-corrected chi connectivity index (χ3v) is 4.50. The molecule has 27 heavy (non-hydrogen) atoms. The third-order valence-electron chi connectivity index (χ3n) is 4.00. The Morgan fingerprint density at radius 1 is 1.30 bits per heavy atom. The Morgan fingerprint density at radius 3 is 2.85 bits per heavy atom. The number of aromatic amines is 1. The number of nitrogens with zero attached hydrogens (tertiary/aromatic N) is 1. The van der Waals surface area contributed by atoms with E-state index in [1.54, 1.807) is 0 Å². The van der Waals surface area contributed by atoms with Gasteiger partial charge in [-0.15, -0.1) is 0 Å². The molecule has 1 atom stereocenters. The summed E-state index contributed by atoms with van der Waals surface area (Å²) in [7, 11) is 0. The van der Waals surface area contributed by atoms with Gasteiger partial charge in [0.15, 0.2) is 11.9 Å². The molecule has 0 fully saturated rings. The monoisotopic (exact) mass is 405 g/mol. The first-order valence-electron chi connectivity index (χ1n) is 8.30. The van der Waals surface area contributed by atoms with Crippen LogP contribution >= 0.6 is 23.2 Å². The summed E-state index contributed by atoms with van der Waals surface area (Å²) in [6.45, 7) is 1.49. The Balaban J connectivity index is 1.53. The summed E-state index contributed by atoms with van der Waals surface area (Å²) in [6.07, 6.45) is 2.94. The van der Waals surface area contributed by atoms with Crippen molar-refractivity contribution in [3.05, 3.63) is 58.3 Å². The largest absolute Gasteiger partial charge is 0.453 e. The molecule has 0 aliphatic carbocycles. The van der Waals surface area contributed by atoms with Gasteiger partial charge in [-0.25, -0.2) is 4.98 Å². The van der Waals surface area contributed by atoms with Crippen LogP contribution in [0.3, 0.4) is 0 Å². The lowest BCUT2D eigenvalue weighted by Crippen LogP contribution is -2.30. The molecule has 2 aromatic heterocycles. The van der Waals surface area contributed by atoms with Crippen molar-refractivity contribution < 1.29 is 14.3 Å². The maximum Gasteiger partial charge on any atom is 0.306 e. The molecule has 0 saturated heterocycles. The Hall–Kier alpha value is -2.57. The average molecular weight is 406 g/mol. The van der Waals surface area contributed by atoms with Crippen LogP contribution in [0.4, 0.5) is 5.82 Å². The lowest BCUT2D eigenvalue weighted by Gasteiger charge is -2.13. The van der Waals surface area contributed by atoms with Crippen molar-refractivity contribution in [3.8, 4) is 0 Å². The van der Waals surface area contributed by atoms with Crippen molar-refractivity contribution in [2.24, 2.45) is 0 Å². The number of pyridine rings is 1. The van der Waals surface area contributed by atoms with E-state index < -0.39 is 18.0 Å². The van der Waals surface area contributed by atoms with E-state index >= 15 is 0 Å². The van der Waals surface area contributed by atoms with Crippen molar-refractivity contribution in [2.45, 2.75) is 25.9 Å². The van der Waals surface area contributed by atoms with Gasteiger partial charge in [-0.2, -0.15) is 0 Å². The number of anilines is 1. The molecule has 1 unspecified atom stereocenters. The molecule has 1 amide bonds. The number of rotatable bonds is 6. The highest BCUT2D eigenvalue weighted by molar-refractivity contribution is 6.36. The molecule has 6 nitrogen and oxygen atoms in total. The van der Waals surface area contributed by atoms with Gasteiger partial charge in [0, 0.05) is 29.7 Å². The molecular formula is C19H17Cl2N3O3. The summed E-state index contributed by atoms with van der Waals surface area (Å²) in [6, 6.07) is 9.31. The molecule has 0 bridgehead atoms. The Bertz CT molecular complexity index is 987. The van der Waals surface area contributed by atoms with Crippen molar-refractivity contribution in [1.82, 2.24) is 9.97 Å². The number of hydrogen-bond donors (Lipinski definition) is 2. The minimum absolute atomic E-state index is 0.160. The first kappa shape index (κ1) is 19.2. The number of para-hydroxylation sites is 1. The summed E-state index contributed by atoms with van der Waals surface area (Å²) in [4.78, 5) is 31.4. The van der Waals surface area contributed by atoms with Gasteiger partial charge >= 0.3 is 5.97 Å². The van der Waals surface area contributed by atoms with Crippen molar-refractivity contribution in [1.29, 1.82) is 0 Å². The zero-order valence-electron chi connectivity index (χ0n) is 14.5. The number of H-pyrrole nitrogens is 1. The maximum absolute atomic E-state index is 12.2. The highest BCUT2D eigenvalue weighted by Crippen LogP contribution is 2.23. The van der Waals surface area contributed by atoms with Gasteiger partial charge < -0.3 is 15.0 Å². The predicted molar refractivity (Wildman–Crippen MR) is 105 cm³/mol. The minimum atomic E-state index is -0.978. The van der Waals surface area contributed by atoms with E-state index in [2.05, 4.69) is 15.3 Å². The second kappa shape index (κ2) is 8.41. The van der Waals surface area contributed by atoms with Gasteiger partial charge in [-0.3, -0.25) is 9.59 Å². The first-order chi connectivity index (χ1) is 12.9. The minimum Gasteiger partial charge on any atom is -0.453 e. The van der Waals surface area contributed by atoms with Crippen LogP contribution in [0.25, 0.3) is 10.9 Å². The normalized spacial score (nSPS) is 12.0. The molecule has 0 aliphatic rings. The van der Waals surface area contributed by atoms with Gasteiger partial charge in [0.2, 0.25) is 0 Å². The predicted octanol–water partition coefficient (Wildman–Crippen LogP) is 4.37. The van der Waals surface area contributed by atoms with E-state index in [4.69, 9.17) is 27.9 Å². The standard InChI is InChI=1S/C19H17Cl2N3O3/c1-11(19(26)24-18-15(21)8-13(20)10-23-18)27-17(25)7-6-12-9-22-16-5-3-2-4-14(12)16/h2-5,8-11,22H,6-7H2,1H3,(H,23,24,26). The number of hydrogen-bond acceptors (Lipinski definition) is 4. The molecule has 8 heteroatoms. The number of carbonyl (C=O) groups is 2. The molecule has 140 valence electrons. The van der Waals surface area contributed by atoms with E-state index in [1.807, 2.05) is 30.5 Å². The molecule has 3 rings (SSSR count). The average Bonchev–Trinajstić information content (AvgIpc) is 3.05. The number of fused-ring (bicyclic) bond motifs is 1. The van der Waals surface area contributed by atoms with Crippen LogP contribution in [0.15, 0.2) is 42.7 Å². The quantitative estimate of drug-likeness (QED) is 0.596. The second-order valence-corrected chi connectivity index (χ2v) is 6.81. The molecule has 0 aliphatic heterocycles. The SMILES string of the molecule is CC(OC(=O)CCc1c[nH]c2ccccc12)C(=O)Nc1ncc(Cl)cc1Cl. The van der Waals surface area contributed by atoms with Crippen LogP contribution < -0.4 is 5.32 Å². The van der Waals surface area contributed by atoms with E-state index in [-0.39, 0.29) is 17.3 Å². The number of aryl methyl sites for hydroxylation is 1. The number of ether oxygens (including phenoxy) is 1. The first-order valence-corrected chi connectivity index (χ1v) is 9.06. The zero-order chi connectivity index (χ0) is 19.4. The topological polar surface area (TPSA) is 84.1 Å². The van der Waals surface area contributed by atoms with E-state index in [9.17, 15) is 9.59 Å². The Kier molecular flexibility index (Phi) is 5.98. The fourth-order valence-corrected chi connectivity index (χ4v) is 3.04. The third kappa shape index (κ3) is 4.78. The van der Waals surface area contributed by atoms with Gasteiger partial charge in [-0.05, 0) is 31.0 Å². The van der Waals surface area contributed by atoms with Gasteiger partial charge in [-0.1, -0.05) is 41.4 Å². The summed E-state index contributed by atoms with van der Waals surface area (Å²) in [5.74, 6) is -0.821. The van der Waals surface area contributed by atoms with Gasteiger partial charge in [0.1, 0.15) is 0 Å². The number of halogens is 2. The van der Waals surface area contributed by atoms with Gasteiger partial charge in [0.25, 0.3) is 5.91 Å². The van der Waals surface area contributed by atoms with Crippen LogP contribution in [-0.4, -0.2) is 27.9 Å². The number of benzene rings is 1. The number of nitrogens with one attached hydrogen (secondary N) is 2. The number of amides is 1. The fourth-order valence-electron chi connectivity index (χ4n) is 2.61. The molecule has 3 aromatic rings. The maximum atomic E-state index is 12.2. The highest BCUT2D eigenvalue weighted by atomic mass is 35.5. The highest BCUT2D eigenvalue weighted by Gasteiger charge is 2.19. The summed E-state index contributed by atoms with van der Waals surface area (Å²) < 4.78 is 5.20. The smallest absolute Gasteiger partial charge is 0.306 e. The van der Waals surface area contributed by atoms with Crippen LogP contribution in [0.1, 0.15) is 18.9 Å². The van der Waals surface area contributed by atoms with E-state index in [0.29, 0.717) is 11.4 Å². The lowest BCUT2D eigenvalue weighted by atomic mass is 10.1. The molecule has 0 radical (unpaired) electrons. The van der Waals surface area contributed by atoms with Crippen LogP contribution in [0, 0.1) is 0 Å². The summed E-state index contributed by atoms with van der Waals surface area (Å²) in [5, 5.41) is 4.14. The lowest BCUT2D eigenvalue weighted by molar-refractivity contribution is -0.153. The zero-order valence-corrected chi connectivity index (χ0v) is 16.0. The summed E-state index contributed by atoms with van der Waals surface area (Å²) in [5.41, 5.74) is 2.04. The molecule has 2 heterocycles. The molecular weight excluding hydrogens is 389 g/mol. The van der Waals surface area contributed by atoms with Gasteiger partial charge in [0.05, 0.1) is 10.0 Å². The number of carbonyl (C=O) groups excluding carboxylic acids is 2. The van der Waals surface area contributed by atoms with Crippen molar-refractivity contribution >= 4 is 51.8 Å². The van der Waals surface area contributed by atoms with Crippen LogP contribution in [0.2, 0.25) is 10.0 Å². The fraction of sp³-hybridized carbons (Fsp3) is 0.211. The van der Waals surface area contributed by atoms with Crippen LogP contribution in [-0.2, 0) is 20.7 Å².